The van der Waals surface area contributed by atoms with E-state index in [0.717, 1.165) is 32.2 Å². The van der Waals surface area contributed by atoms with Crippen molar-refractivity contribution in [2.45, 2.75) is 33.0 Å². The summed E-state index contributed by atoms with van der Waals surface area (Å²) in [5.74, 6) is 0.249. The van der Waals surface area contributed by atoms with E-state index in [1.165, 1.54) is 13.2 Å². The molecule has 0 amide bonds. The van der Waals surface area contributed by atoms with Crippen molar-refractivity contribution < 1.29 is 17.9 Å². The summed E-state index contributed by atoms with van der Waals surface area (Å²) < 4.78 is 44.7. The van der Waals surface area contributed by atoms with E-state index < -0.39 is 11.7 Å². The molecule has 3 nitrogen and oxygen atoms in total. The van der Waals surface area contributed by atoms with E-state index in [2.05, 4.69) is 31.0 Å². The van der Waals surface area contributed by atoms with Gasteiger partial charge in [-0.1, -0.05) is 20.8 Å². The van der Waals surface area contributed by atoms with Crippen molar-refractivity contribution in [3.05, 3.63) is 29.3 Å². The van der Waals surface area contributed by atoms with E-state index in [1.54, 1.807) is 6.07 Å². The first-order chi connectivity index (χ1) is 10.6. The van der Waals surface area contributed by atoms with E-state index in [1.807, 2.05) is 0 Å². The van der Waals surface area contributed by atoms with Crippen LogP contribution >= 0.6 is 12.4 Å². The molecule has 7 heteroatoms. The standard InChI is InChI=1S/C17H25F3N2O.ClH/c1-16(2,3)15(22-7-5-21-6-8-22)12-9-13(17(18,19)20)11-14(10-12)23-4;/h9-11,15,21H,5-8H2,1-4H3;1H/t15-;/m1./s1. The summed E-state index contributed by atoms with van der Waals surface area (Å²) in [4.78, 5) is 2.26. The van der Waals surface area contributed by atoms with Crippen LogP contribution in [0, 0.1) is 5.41 Å². The largest absolute Gasteiger partial charge is 0.497 e. The Hall–Kier alpha value is -0.980. The summed E-state index contributed by atoms with van der Waals surface area (Å²) in [5.41, 5.74) is -0.186. The van der Waals surface area contributed by atoms with Gasteiger partial charge in [-0.05, 0) is 29.2 Å². The van der Waals surface area contributed by atoms with Gasteiger partial charge in [-0.2, -0.15) is 13.2 Å². The molecule has 1 aromatic carbocycles. The number of rotatable bonds is 3. The van der Waals surface area contributed by atoms with E-state index in [0.29, 0.717) is 5.56 Å². The quantitative estimate of drug-likeness (QED) is 0.870. The molecule has 138 valence electrons. The number of ether oxygens (including phenoxy) is 1. The summed E-state index contributed by atoms with van der Waals surface area (Å²) in [6.07, 6.45) is -4.38. The van der Waals surface area contributed by atoms with Gasteiger partial charge in [0, 0.05) is 32.2 Å². The molecule has 1 N–H and O–H groups in total. The third-order valence-electron chi connectivity index (χ3n) is 4.14. The number of hydrogen-bond donors (Lipinski definition) is 1. The SMILES string of the molecule is COc1cc([C@@H](N2CCNCC2)C(C)(C)C)cc(C(F)(F)F)c1.Cl. The van der Waals surface area contributed by atoms with Crippen LogP contribution in [0.4, 0.5) is 13.2 Å². The van der Waals surface area contributed by atoms with Crippen LogP contribution in [-0.4, -0.2) is 38.2 Å². The number of benzene rings is 1. The second-order valence-electron chi connectivity index (χ2n) is 7.05. The van der Waals surface area contributed by atoms with Crippen LogP contribution < -0.4 is 10.1 Å². The highest BCUT2D eigenvalue weighted by atomic mass is 35.5. The van der Waals surface area contributed by atoms with Gasteiger partial charge in [0.05, 0.1) is 12.7 Å². The molecule has 0 aromatic heterocycles. The van der Waals surface area contributed by atoms with Crippen molar-refractivity contribution in [3.8, 4) is 5.75 Å². The molecule has 2 rings (SSSR count). The van der Waals surface area contributed by atoms with Gasteiger partial charge in [0.2, 0.25) is 0 Å². The first-order valence-electron chi connectivity index (χ1n) is 7.84. The normalized spacial score (nSPS) is 18.0. The topological polar surface area (TPSA) is 24.5 Å². The number of halogens is 4. The van der Waals surface area contributed by atoms with Crippen molar-refractivity contribution in [2.75, 3.05) is 33.3 Å². The zero-order chi connectivity index (χ0) is 17.3. The summed E-state index contributed by atoms with van der Waals surface area (Å²) in [6, 6.07) is 3.95. The molecule has 1 saturated heterocycles. The van der Waals surface area contributed by atoms with Gasteiger partial charge in [0.15, 0.2) is 0 Å². The first-order valence-corrected chi connectivity index (χ1v) is 7.84. The van der Waals surface area contributed by atoms with Crippen molar-refractivity contribution >= 4 is 12.4 Å². The molecule has 24 heavy (non-hydrogen) atoms. The van der Waals surface area contributed by atoms with E-state index >= 15 is 0 Å². The lowest BCUT2D eigenvalue weighted by atomic mass is 9.80. The molecular formula is C17H26ClF3N2O. The maximum Gasteiger partial charge on any atom is 0.416 e. The lowest BCUT2D eigenvalue weighted by molar-refractivity contribution is -0.137. The molecule has 0 radical (unpaired) electrons. The van der Waals surface area contributed by atoms with Gasteiger partial charge in [-0.25, -0.2) is 0 Å². The van der Waals surface area contributed by atoms with Crippen molar-refractivity contribution in [1.82, 2.24) is 10.2 Å². The Kier molecular flexibility index (Phi) is 6.96. The second kappa shape index (κ2) is 7.93. The highest BCUT2D eigenvalue weighted by Crippen LogP contribution is 2.42. The number of nitrogens with one attached hydrogen (secondary N) is 1. The van der Waals surface area contributed by atoms with Crippen LogP contribution in [0.2, 0.25) is 0 Å². The maximum atomic E-state index is 13.2. The zero-order valence-corrected chi connectivity index (χ0v) is 15.4. The Balaban J connectivity index is 0.00000288. The minimum atomic E-state index is -4.38. The molecular weight excluding hydrogens is 341 g/mol. The lowest BCUT2D eigenvalue weighted by Crippen LogP contribution is -2.48. The van der Waals surface area contributed by atoms with Crippen LogP contribution in [0.1, 0.15) is 37.9 Å². The Morgan fingerprint density at radius 2 is 1.67 bits per heavy atom. The molecule has 1 heterocycles. The Morgan fingerprint density at radius 3 is 2.12 bits per heavy atom. The summed E-state index contributed by atoms with van der Waals surface area (Å²) in [5, 5.41) is 3.28. The molecule has 0 unspecified atom stereocenters. The van der Waals surface area contributed by atoms with Gasteiger partial charge in [-0.3, -0.25) is 4.90 Å². The Bertz CT molecular complexity index is 538. The third-order valence-corrected chi connectivity index (χ3v) is 4.14. The van der Waals surface area contributed by atoms with Gasteiger partial charge in [0.1, 0.15) is 5.75 Å². The van der Waals surface area contributed by atoms with Gasteiger partial charge in [0.25, 0.3) is 0 Å². The van der Waals surface area contributed by atoms with Gasteiger partial charge >= 0.3 is 6.18 Å². The average Bonchev–Trinajstić information content (AvgIpc) is 2.46. The van der Waals surface area contributed by atoms with E-state index in [9.17, 15) is 13.2 Å². The second-order valence-corrected chi connectivity index (χ2v) is 7.05. The fourth-order valence-electron chi connectivity index (χ4n) is 3.26. The molecule has 1 atom stereocenters. The molecule has 0 aliphatic carbocycles. The fourth-order valence-corrected chi connectivity index (χ4v) is 3.26. The van der Waals surface area contributed by atoms with E-state index in [-0.39, 0.29) is 29.6 Å². The van der Waals surface area contributed by atoms with Crippen LogP contribution in [0.3, 0.4) is 0 Å². The smallest absolute Gasteiger partial charge is 0.416 e. The fraction of sp³-hybridized carbons (Fsp3) is 0.647. The highest BCUT2D eigenvalue weighted by Gasteiger charge is 2.36. The van der Waals surface area contributed by atoms with Crippen molar-refractivity contribution in [1.29, 1.82) is 0 Å². The molecule has 0 spiro atoms. The molecule has 1 fully saturated rings. The summed E-state index contributed by atoms with van der Waals surface area (Å²) >= 11 is 0. The number of methoxy groups -OCH3 is 1. The Labute approximate surface area is 148 Å². The maximum absolute atomic E-state index is 13.2. The van der Waals surface area contributed by atoms with E-state index in [4.69, 9.17) is 4.74 Å². The molecule has 1 aliphatic rings. The van der Waals surface area contributed by atoms with Crippen LogP contribution in [0.15, 0.2) is 18.2 Å². The van der Waals surface area contributed by atoms with Crippen molar-refractivity contribution in [3.63, 3.8) is 0 Å². The summed E-state index contributed by atoms with van der Waals surface area (Å²) in [6.45, 7) is 9.53. The highest BCUT2D eigenvalue weighted by molar-refractivity contribution is 5.85. The van der Waals surface area contributed by atoms with Gasteiger partial charge in [-0.15, -0.1) is 12.4 Å². The zero-order valence-electron chi connectivity index (χ0n) is 14.5. The average molecular weight is 367 g/mol. The van der Waals surface area contributed by atoms with Crippen LogP contribution in [-0.2, 0) is 6.18 Å². The minimum absolute atomic E-state index is 0. The monoisotopic (exact) mass is 366 g/mol. The summed E-state index contributed by atoms with van der Waals surface area (Å²) in [7, 11) is 1.40. The Morgan fingerprint density at radius 1 is 1.08 bits per heavy atom. The number of piperazine rings is 1. The van der Waals surface area contributed by atoms with Crippen LogP contribution in [0.5, 0.6) is 5.75 Å². The lowest BCUT2D eigenvalue weighted by Gasteiger charge is -2.42. The molecule has 0 saturated carbocycles. The third kappa shape index (κ3) is 5.01. The molecule has 1 aromatic rings. The number of alkyl halides is 3. The number of nitrogens with zero attached hydrogens (tertiary/aromatic N) is 1. The number of hydrogen-bond acceptors (Lipinski definition) is 3. The molecule has 1 aliphatic heterocycles. The minimum Gasteiger partial charge on any atom is -0.497 e. The van der Waals surface area contributed by atoms with Crippen LogP contribution in [0.25, 0.3) is 0 Å². The molecule has 0 bridgehead atoms. The first kappa shape index (κ1) is 21.1. The predicted molar refractivity (Wildman–Crippen MR) is 91.9 cm³/mol. The van der Waals surface area contributed by atoms with Crippen molar-refractivity contribution in [2.24, 2.45) is 5.41 Å². The predicted octanol–water partition coefficient (Wildman–Crippen LogP) is 4.13. The van der Waals surface area contributed by atoms with Gasteiger partial charge < -0.3 is 10.1 Å².